The summed E-state index contributed by atoms with van der Waals surface area (Å²) >= 11 is 0. The number of benzene rings is 1. The smallest absolute Gasteiger partial charge is 0.238 e. The van der Waals surface area contributed by atoms with Gasteiger partial charge < -0.3 is 0 Å². The van der Waals surface area contributed by atoms with Crippen LogP contribution >= 0.6 is 0 Å². The number of nitrogens with zero attached hydrogens (tertiary/aromatic N) is 1. The van der Waals surface area contributed by atoms with Crippen molar-refractivity contribution in [3.63, 3.8) is 0 Å². The van der Waals surface area contributed by atoms with Crippen molar-refractivity contribution < 1.29 is 8.42 Å². The molecule has 0 amide bonds. The van der Waals surface area contributed by atoms with Gasteiger partial charge in [0.1, 0.15) is 0 Å². The zero-order chi connectivity index (χ0) is 13.7. The van der Waals surface area contributed by atoms with Gasteiger partial charge in [-0.2, -0.15) is 5.10 Å². The predicted octanol–water partition coefficient (Wildman–Crippen LogP) is 2.30. The Hall–Kier alpha value is -1.82. The van der Waals surface area contributed by atoms with Crippen LogP contribution in [0.1, 0.15) is 24.6 Å². The van der Waals surface area contributed by atoms with E-state index in [0.29, 0.717) is 5.82 Å². The summed E-state index contributed by atoms with van der Waals surface area (Å²) in [5, 5.41) is 6.76. The van der Waals surface area contributed by atoms with E-state index >= 15 is 0 Å². The van der Waals surface area contributed by atoms with Gasteiger partial charge in [0.05, 0.1) is 5.75 Å². The number of H-pyrrole nitrogens is 1. The van der Waals surface area contributed by atoms with E-state index in [9.17, 15) is 8.42 Å². The number of nitrogens with one attached hydrogen (secondary N) is 2. The van der Waals surface area contributed by atoms with Gasteiger partial charge in [0.25, 0.3) is 0 Å². The van der Waals surface area contributed by atoms with Crippen molar-refractivity contribution in [1.29, 1.82) is 0 Å². The predicted molar refractivity (Wildman–Crippen MR) is 75.3 cm³/mol. The molecule has 0 spiro atoms. The Kier molecular flexibility index (Phi) is 4.21. The highest BCUT2D eigenvalue weighted by Crippen LogP contribution is 2.12. The summed E-state index contributed by atoms with van der Waals surface area (Å²) in [6.07, 6.45) is 1.84. The molecule has 1 heterocycles. The number of aryl methyl sites for hydroxylation is 1. The summed E-state index contributed by atoms with van der Waals surface area (Å²) in [5.74, 6) is 0.295. The van der Waals surface area contributed by atoms with E-state index in [1.807, 2.05) is 18.2 Å². The van der Waals surface area contributed by atoms with E-state index in [2.05, 4.69) is 21.8 Å². The Morgan fingerprint density at radius 1 is 1.26 bits per heavy atom. The highest BCUT2D eigenvalue weighted by Gasteiger charge is 2.13. The quantitative estimate of drug-likeness (QED) is 0.852. The van der Waals surface area contributed by atoms with Gasteiger partial charge in [0.2, 0.25) is 10.0 Å². The van der Waals surface area contributed by atoms with Crippen molar-refractivity contribution in [2.45, 2.75) is 25.5 Å². The molecule has 0 unspecified atom stereocenters. The summed E-state index contributed by atoms with van der Waals surface area (Å²) in [6.45, 7) is 2.06. The van der Waals surface area contributed by atoms with Crippen molar-refractivity contribution >= 4 is 15.8 Å². The Bertz CT molecular complexity index is 620. The molecule has 102 valence electrons. The molecule has 6 heteroatoms. The molecule has 0 aliphatic carbocycles. The first-order valence-electron chi connectivity index (χ1n) is 6.18. The second-order valence-corrected chi connectivity index (χ2v) is 6.10. The third-order valence-electron chi connectivity index (χ3n) is 2.61. The highest BCUT2D eigenvalue weighted by molar-refractivity contribution is 7.91. The van der Waals surface area contributed by atoms with Crippen LogP contribution in [0.15, 0.2) is 36.4 Å². The number of aromatic nitrogens is 2. The Labute approximate surface area is 113 Å². The van der Waals surface area contributed by atoms with Crippen LogP contribution in [0.4, 0.5) is 5.82 Å². The molecule has 0 fully saturated rings. The lowest BCUT2D eigenvalue weighted by atomic mass is 10.2. The third-order valence-corrected chi connectivity index (χ3v) is 3.84. The zero-order valence-corrected chi connectivity index (χ0v) is 11.6. The van der Waals surface area contributed by atoms with Gasteiger partial charge in [-0.3, -0.25) is 9.82 Å². The van der Waals surface area contributed by atoms with E-state index in [1.165, 1.54) is 0 Å². The van der Waals surface area contributed by atoms with E-state index < -0.39 is 10.0 Å². The lowest BCUT2D eigenvalue weighted by Crippen LogP contribution is -2.15. The molecule has 2 rings (SSSR count). The topological polar surface area (TPSA) is 74.8 Å². The van der Waals surface area contributed by atoms with Crippen LogP contribution < -0.4 is 4.72 Å². The van der Waals surface area contributed by atoms with Gasteiger partial charge in [-0.05, 0) is 12.0 Å². The first kappa shape index (κ1) is 13.6. The summed E-state index contributed by atoms with van der Waals surface area (Å²) in [6, 6.07) is 10.8. The SMILES string of the molecule is CCCc1cc(NS(=O)(=O)Cc2ccccc2)n[nH]1. The van der Waals surface area contributed by atoms with Crippen molar-refractivity contribution in [2.75, 3.05) is 4.72 Å². The summed E-state index contributed by atoms with van der Waals surface area (Å²) < 4.78 is 26.4. The van der Waals surface area contributed by atoms with Crippen LogP contribution in [-0.4, -0.2) is 18.6 Å². The molecule has 5 nitrogen and oxygen atoms in total. The molecule has 0 saturated carbocycles. The number of sulfonamides is 1. The number of rotatable bonds is 6. The zero-order valence-electron chi connectivity index (χ0n) is 10.8. The molecule has 0 aliphatic rings. The van der Waals surface area contributed by atoms with Gasteiger partial charge >= 0.3 is 0 Å². The summed E-state index contributed by atoms with van der Waals surface area (Å²) in [4.78, 5) is 0. The molecule has 2 N–H and O–H groups in total. The average Bonchev–Trinajstić information content (AvgIpc) is 2.77. The molecular weight excluding hydrogens is 262 g/mol. The van der Waals surface area contributed by atoms with E-state index in [-0.39, 0.29) is 5.75 Å². The van der Waals surface area contributed by atoms with Gasteiger partial charge in [0.15, 0.2) is 5.82 Å². The molecule has 0 radical (unpaired) electrons. The normalized spacial score (nSPS) is 11.4. The van der Waals surface area contributed by atoms with Gasteiger partial charge in [-0.1, -0.05) is 43.7 Å². The molecule has 19 heavy (non-hydrogen) atoms. The fourth-order valence-corrected chi connectivity index (χ4v) is 2.93. The molecule has 1 aromatic carbocycles. The van der Waals surface area contributed by atoms with Crippen LogP contribution in [0.3, 0.4) is 0 Å². The van der Waals surface area contributed by atoms with Crippen molar-refractivity contribution in [3.05, 3.63) is 47.7 Å². The second-order valence-electron chi connectivity index (χ2n) is 4.38. The van der Waals surface area contributed by atoms with Gasteiger partial charge in [0, 0.05) is 11.8 Å². The summed E-state index contributed by atoms with van der Waals surface area (Å²) in [5.41, 5.74) is 1.68. The van der Waals surface area contributed by atoms with E-state index in [0.717, 1.165) is 24.1 Å². The lowest BCUT2D eigenvalue weighted by molar-refractivity contribution is 0.600. The largest absolute Gasteiger partial charge is 0.280 e. The van der Waals surface area contributed by atoms with Crippen LogP contribution in [0.5, 0.6) is 0 Å². The van der Waals surface area contributed by atoms with Crippen LogP contribution in [0.2, 0.25) is 0 Å². The molecule has 1 aromatic heterocycles. The maximum absolute atomic E-state index is 12.0. The van der Waals surface area contributed by atoms with Gasteiger partial charge in [-0.15, -0.1) is 0 Å². The maximum Gasteiger partial charge on any atom is 0.238 e. The van der Waals surface area contributed by atoms with Crippen LogP contribution in [-0.2, 0) is 22.2 Å². The first-order chi connectivity index (χ1) is 9.09. The van der Waals surface area contributed by atoms with Crippen LogP contribution in [0, 0.1) is 0 Å². The first-order valence-corrected chi connectivity index (χ1v) is 7.83. The molecule has 2 aromatic rings. The van der Waals surface area contributed by atoms with Crippen molar-refractivity contribution in [2.24, 2.45) is 0 Å². The lowest BCUT2D eigenvalue weighted by Gasteiger charge is -2.04. The second kappa shape index (κ2) is 5.88. The van der Waals surface area contributed by atoms with Gasteiger partial charge in [-0.25, -0.2) is 8.42 Å². The third kappa shape index (κ3) is 4.10. The minimum absolute atomic E-state index is 0.0518. The fourth-order valence-electron chi connectivity index (χ4n) is 1.80. The van der Waals surface area contributed by atoms with Crippen molar-refractivity contribution in [1.82, 2.24) is 10.2 Å². The number of hydrogen-bond donors (Lipinski definition) is 2. The fraction of sp³-hybridized carbons (Fsp3) is 0.308. The Balaban J connectivity index is 2.04. The van der Waals surface area contributed by atoms with E-state index in [4.69, 9.17) is 0 Å². The molecule has 0 atom stereocenters. The average molecular weight is 279 g/mol. The number of hydrogen-bond acceptors (Lipinski definition) is 3. The van der Waals surface area contributed by atoms with Crippen LogP contribution in [0.25, 0.3) is 0 Å². The minimum atomic E-state index is -3.42. The molecular formula is C13H17N3O2S. The number of anilines is 1. The maximum atomic E-state index is 12.0. The van der Waals surface area contributed by atoms with Crippen molar-refractivity contribution in [3.8, 4) is 0 Å². The molecule has 0 aliphatic heterocycles. The van der Waals surface area contributed by atoms with E-state index in [1.54, 1.807) is 18.2 Å². The highest BCUT2D eigenvalue weighted by atomic mass is 32.2. The standard InChI is InChI=1S/C13H17N3O2S/c1-2-6-12-9-13(15-14-12)16-19(17,18)10-11-7-4-3-5-8-11/h3-5,7-9H,2,6,10H2,1H3,(H2,14,15,16). The Morgan fingerprint density at radius 2 is 2.00 bits per heavy atom. The number of aromatic amines is 1. The Morgan fingerprint density at radius 3 is 2.68 bits per heavy atom. The summed E-state index contributed by atoms with van der Waals surface area (Å²) in [7, 11) is -3.42. The monoisotopic (exact) mass is 279 g/mol. The minimum Gasteiger partial charge on any atom is -0.280 e. The molecule has 0 saturated heterocycles. The molecule has 0 bridgehead atoms.